The van der Waals surface area contributed by atoms with Crippen LogP contribution in [0.1, 0.15) is 39.5 Å². The van der Waals surface area contributed by atoms with Gasteiger partial charge in [0.25, 0.3) is 0 Å². The Morgan fingerprint density at radius 1 is 1.08 bits per heavy atom. The summed E-state index contributed by atoms with van der Waals surface area (Å²) in [6, 6.07) is 11.6. The molecule has 0 aliphatic carbocycles. The van der Waals surface area contributed by atoms with E-state index >= 15 is 0 Å². The Bertz CT molecular complexity index is 1260. The number of nitrogens with zero attached hydrogens (tertiary/aromatic N) is 4. The predicted octanol–water partition coefficient (Wildman–Crippen LogP) is 5.76. The number of benzene rings is 1. The number of piperazine rings is 1. The molecule has 0 bridgehead atoms. The van der Waals surface area contributed by atoms with Crippen LogP contribution in [0.3, 0.4) is 0 Å². The monoisotopic (exact) mass is 553 g/mol. The predicted molar refractivity (Wildman–Crippen MR) is 161 cm³/mol. The van der Waals surface area contributed by atoms with Crippen LogP contribution in [0, 0.1) is 0 Å². The van der Waals surface area contributed by atoms with Gasteiger partial charge >= 0.3 is 0 Å². The third-order valence-corrected chi connectivity index (χ3v) is 13.5. The van der Waals surface area contributed by atoms with Crippen molar-refractivity contribution in [3.63, 3.8) is 0 Å². The molecule has 206 valence electrons. The lowest BCUT2D eigenvalue weighted by atomic mass is 10.1. The highest BCUT2D eigenvalue weighted by Crippen LogP contribution is 2.39. The Labute approximate surface area is 232 Å². The van der Waals surface area contributed by atoms with Crippen LogP contribution < -0.4 is 14.6 Å². The Kier molecular flexibility index (Phi) is 7.86. The fourth-order valence-electron chi connectivity index (χ4n) is 5.10. The molecular weight excluding hydrogens is 511 g/mol. The van der Waals surface area contributed by atoms with E-state index in [1.807, 2.05) is 11.3 Å². The molecule has 2 fully saturated rings. The number of aromatic nitrogens is 2. The molecule has 2 saturated heterocycles. The minimum atomic E-state index is -1.95. The lowest BCUT2D eigenvalue weighted by Crippen LogP contribution is -2.53. The summed E-state index contributed by atoms with van der Waals surface area (Å²) in [6.07, 6.45) is 0. The van der Waals surface area contributed by atoms with Gasteiger partial charge in [0.1, 0.15) is 5.75 Å². The van der Waals surface area contributed by atoms with Crippen LogP contribution in [-0.2, 0) is 11.3 Å². The molecular formula is C29H43N5O2SSi. The molecule has 0 unspecified atom stereocenters. The van der Waals surface area contributed by atoms with Gasteiger partial charge in [-0.3, -0.25) is 4.90 Å². The van der Waals surface area contributed by atoms with E-state index in [2.05, 4.69) is 93.2 Å². The highest BCUT2D eigenvalue weighted by atomic mass is 32.1. The molecule has 2 atom stereocenters. The molecule has 3 aromatic rings. The fourth-order valence-corrected chi connectivity index (χ4v) is 7.27. The van der Waals surface area contributed by atoms with E-state index in [-0.39, 0.29) is 5.04 Å². The van der Waals surface area contributed by atoms with Crippen LogP contribution in [0.25, 0.3) is 21.6 Å². The number of fused-ring (bicyclic) bond motifs is 1. The number of hydrogen-bond donors (Lipinski definition) is 1. The van der Waals surface area contributed by atoms with Gasteiger partial charge in [-0.1, -0.05) is 32.9 Å². The van der Waals surface area contributed by atoms with Crippen molar-refractivity contribution in [1.82, 2.24) is 20.2 Å². The number of ether oxygens (including phenoxy) is 1. The summed E-state index contributed by atoms with van der Waals surface area (Å²) in [5.41, 5.74) is 2.03. The number of thiophene rings is 1. The number of morpholine rings is 1. The highest BCUT2D eigenvalue weighted by molar-refractivity contribution is 7.19. The van der Waals surface area contributed by atoms with Gasteiger partial charge in [0.2, 0.25) is 8.32 Å². The van der Waals surface area contributed by atoms with Gasteiger partial charge in [-0.2, -0.15) is 0 Å². The van der Waals surface area contributed by atoms with E-state index in [9.17, 15) is 0 Å². The number of rotatable bonds is 6. The average molecular weight is 554 g/mol. The van der Waals surface area contributed by atoms with Crippen molar-refractivity contribution in [2.24, 2.45) is 0 Å². The van der Waals surface area contributed by atoms with Crippen molar-refractivity contribution in [2.45, 2.75) is 71.4 Å². The standard InChI is InChI=1S/C29H43N5O2SSi/c1-20-17-33(18-21(2)30-20)19-24-16-25-26(37-24)28(34-11-13-35-14-12-34)32-27(31-25)22-9-8-10-23(15-22)36-38(6,7)29(3,4)5/h8-10,15-16,20-21,30H,11-14,17-19H2,1-7H3/t20-,21+. The van der Waals surface area contributed by atoms with Crippen molar-refractivity contribution >= 4 is 35.7 Å². The summed E-state index contributed by atoms with van der Waals surface area (Å²) in [4.78, 5) is 16.5. The SMILES string of the molecule is C[C@@H]1CN(Cc2cc3nc(-c4cccc(O[Si](C)(C)C(C)(C)C)c4)nc(N4CCOCC4)c3s2)C[C@H](C)N1. The minimum Gasteiger partial charge on any atom is -0.543 e. The van der Waals surface area contributed by atoms with Crippen molar-refractivity contribution in [2.75, 3.05) is 44.3 Å². The summed E-state index contributed by atoms with van der Waals surface area (Å²) in [6.45, 7) is 22.1. The molecule has 5 rings (SSSR count). The molecule has 0 amide bonds. The summed E-state index contributed by atoms with van der Waals surface area (Å²) in [7, 11) is -1.95. The average Bonchev–Trinajstić information content (AvgIpc) is 3.24. The van der Waals surface area contributed by atoms with Gasteiger partial charge in [-0.05, 0) is 50.2 Å². The molecule has 0 radical (unpaired) electrons. The Balaban J connectivity index is 1.50. The van der Waals surface area contributed by atoms with Gasteiger partial charge in [0, 0.05) is 55.2 Å². The second-order valence-corrected chi connectivity index (χ2v) is 18.3. The summed E-state index contributed by atoms with van der Waals surface area (Å²) in [5.74, 6) is 2.69. The normalized spacial score (nSPS) is 21.7. The van der Waals surface area contributed by atoms with E-state index in [1.54, 1.807) is 0 Å². The molecule has 4 heterocycles. The van der Waals surface area contributed by atoms with E-state index in [0.717, 1.165) is 74.4 Å². The van der Waals surface area contributed by atoms with Gasteiger partial charge < -0.3 is 19.4 Å². The summed E-state index contributed by atoms with van der Waals surface area (Å²) in [5, 5.41) is 3.77. The molecule has 0 saturated carbocycles. The first-order valence-corrected chi connectivity index (χ1v) is 17.6. The first kappa shape index (κ1) is 27.5. The van der Waals surface area contributed by atoms with Crippen LogP contribution in [-0.4, -0.2) is 74.7 Å². The van der Waals surface area contributed by atoms with Crippen LogP contribution in [0.4, 0.5) is 5.82 Å². The van der Waals surface area contributed by atoms with Gasteiger partial charge in [-0.15, -0.1) is 11.3 Å². The second kappa shape index (κ2) is 10.8. The topological polar surface area (TPSA) is 62.8 Å². The largest absolute Gasteiger partial charge is 0.543 e. The van der Waals surface area contributed by atoms with Gasteiger partial charge in [-0.25, -0.2) is 9.97 Å². The Morgan fingerprint density at radius 2 is 1.79 bits per heavy atom. The smallest absolute Gasteiger partial charge is 0.250 e. The first-order chi connectivity index (χ1) is 18.0. The highest BCUT2D eigenvalue weighted by Gasteiger charge is 2.39. The molecule has 7 nitrogen and oxygen atoms in total. The van der Waals surface area contributed by atoms with E-state index in [4.69, 9.17) is 19.1 Å². The second-order valence-electron chi connectivity index (χ2n) is 12.5. The number of anilines is 1. The zero-order valence-corrected chi connectivity index (χ0v) is 25.8. The summed E-state index contributed by atoms with van der Waals surface area (Å²) < 4.78 is 13.4. The van der Waals surface area contributed by atoms with E-state index in [0.29, 0.717) is 12.1 Å². The van der Waals surface area contributed by atoms with Crippen LogP contribution in [0.2, 0.25) is 18.1 Å². The third-order valence-electron chi connectivity index (χ3n) is 8.00. The molecule has 2 aromatic heterocycles. The van der Waals surface area contributed by atoms with Crippen LogP contribution in [0.15, 0.2) is 30.3 Å². The molecule has 2 aliphatic heterocycles. The maximum atomic E-state index is 6.62. The molecule has 1 aromatic carbocycles. The fraction of sp³-hybridized carbons (Fsp3) is 0.586. The van der Waals surface area contributed by atoms with E-state index < -0.39 is 8.32 Å². The lowest BCUT2D eigenvalue weighted by molar-refractivity contribution is 0.122. The zero-order chi connectivity index (χ0) is 27.1. The zero-order valence-electron chi connectivity index (χ0n) is 24.0. The van der Waals surface area contributed by atoms with Crippen LogP contribution in [0.5, 0.6) is 5.75 Å². The quantitative estimate of drug-likeness (QED) is 0.389. The minimum absolute atomic E-state index is 0.134. The Morgan fingerprint density at radius 3 is 2.47 bits per heavy atom. The maximum absolute atomic E-state index is 6.62. The van der Waals surface area contributed by atoms with Gasteiger partial charge in [0.05, 0.1) is 23.4 Å². The molecule has 2 aliphatic rings. The number of hydrogen-bond acceptors (Lipinski definition) is 8. The van der Waals surface area contributed by atoms with Crippen molar-refractivity contribution in [3.05, 3.63) is 35.2 Å². The van der Waals surface area contributed by atoms with E-state index in [1.165, 1.54) is 9.58 Å². The summed E-state index contributed by atoms with van der Waals surface area (Å²) >= 11 is 1.84. The molecule has 9 heteroatoms. The first-order valence-electron chi connectivity index (χ1n) is 13.9. The molecule has 1 N–H and O–H groups in total. The molecule has 0 spiro atoms. The maximum Gasteiger partial charge on any atom is 0.250 e. The Hall–Kier alpha value is -2.04. The lowest BCUT2D eigenvalue weighted by Gasteiger charge is -2.36. The molecule has 38 heavy (non-hydrogen) atoms. The third kappa shape index (κ3) is 6.07. The van der Waals surface area contributed by atoms with Crippen molar-refractivity contribution in [3.8, 4) is 17.1 Å². The number of nitrogens with one attached hydrogen (secondary N) is 1. The van der Waals surface area contributed by atoms with Crippen LogP contribution >= 0.6 is 11.3 Å². The van der Waals surface area contributed by atoms with Gasteiger partial charge in [0.15, 0.2) is 11.6 Å². The van der Waals surface area contributed by atoms with Crippen molar-refractivity contribution < 1.29 is 9.16 Å². The van der Waals surface area contributed by atoms with Crippen molar-refractivity contribution in [1.29, 1.82) is 0 Å².